The van der Waals surface area contributed by atoms with Crippen molar-refractivity contribution in [3.63, 3.8) is 0 Å². The van der Waals surface area contributed by atoms with Crippen molar-refractivity contribution in [3.8, 4) is 0 Å². The van der Waals surface area contributed by atoms with Crippen molar-refractivity contribution in [2.45, 2.75) is 25.3 Å². The van der Waals surface area contributed by atoms with Crippen molar-refractivity contribution in [3.05, 3.63) is 35.6 Å². The Morgan fingerprint density at radius 1 is 1.36 bits per heavy atom. The molecule has 0 spiro atoms. The number of nitrogens with two attached hydrogens (primary N) is 1. The van der Waals surface area contributed by atoms with Gasteiger partial charge in [-0.15, -0.1) is 12.4 Å². The largest absolute Gasteiger partial charge is 0.321 e. The molecule has 0 aliphatic heterocycles. The lowest BCUT2D eigenvalue weighted by molar-refractivity contribution is 0.159. The second-order valence-electron chi connectivity index (χ2n) is 4.15. The Morgan fingerprint density at radius 2 is 1.93 bits per heavy atom. The molecule has 78 valence electrons. The first-order valence-electron chi connectivity index (χ1n) is 4.66. The van der Waals surface area contributed by atoms with Crippen LogP contribution in [0.4, 0.5) is 4.39 Å². The van der Waals surface area contributed by atoms with Crippen LogP contribution in [-0.2, 0) is 5.54 Å². The Labute approximate surface area is 89.9 Å². The van der Waals surface area contributed by atoms with E-state index in [1.807, 2.05) is 6.07 Å². The van der Waals surface area contributed by atoms with Gasteiger partial charge in [0.15, 0.2) is 0 Å². The van der Waals surface area contributed by atoms with Crippen molar-refractivity contribution in [1.29, 1.82) is 0 Å². The smallest absolute Gasteiger partial charge is 0.128 e. The molecule has 0 atom stereocenters. The molecule has 2 rings (SSSR count). The summed E-state index contributed by atoms with van der Waals surface area (Å²) in [7, 11) is 0. The fraction of sp³-hybridized carbons (Fsp3) is 0.455. The van der Waals surface area contributed by atoms with Crippen molar-refractivity contribution in [1.82, 2.24) is 0 Å². The summed E-state index contributed by atoms with van der Waals surface area (Å²) in [5.74, 6) is 0.460. The maximum atomic E-state index is 13.4. The molecule has 0 radical (unpaired) electrons. The van der Waals surface area contributed by atoms with E-state index in [-0.39, 0.29) is 18.2 Å². The molecule has 0 heterocycles. The van der Waals surface area contributed by atoms with Gasteiger partial charge in [-0.25, -0.2) is 4.39 Å². The molecule has 14 heavy (non-hydrogen) atoms. The van der Waals surface area contributed by atoms with Gasteiger partial charge in [0.25, 0.3) is 0 Å². The highest BCUT2D eigenvalue weighted by molar-refractivity contribution is 5.85. The Kier molecular flexibility index (Phi) is 3.17. The molecule has 1 aliphatic carbocycles. The third kappa shape index (κ3) is 1.77. The molecule has 0 aromatic heterocycles. The van der Waals surface area contributed by atoms with Crippen LogP contribution in [0.15, 0.2) is 24.3 Å². The van der Waals surface area contributed by atoms with Crippen LogP contribution in [0, 0.1) is 11.7 Å². The van der Waals surface area contributed by atoms with Crippen LogP contribution >= 0.6 is 12.4 Å². The van der Waals surface area contributed by atoms with Gasteiger partial charge in [-0.05, 0) is 24.8 Å². The molecular weight excluding hydrogens is 201 g/mol. The highest BCUT2D eigenvalue weighted by Crippen LogP contribution is 2.43. The van der Waals surface area contributed by atoms with Crippen LogP contribution in [0.2, 0.25) is 0 Å². The highest BCUT2D eigenvalue weighted by atomic mass is 35.5. The second kappa shape index (κ2) is 3.87. The zero-order valence-electron chi connectivity index (χ0n) is 8.16. The van der Waals surface area contributed by atoms with Gasteiger partial charge in [0.05, 0.1) is 0 Å². The second-order valence-corrected chi connectivity index (χ2v) is 4.15. The molecule has 1 aliphatic rings. The number of hydrogen-bond acceptors (Lipinski definition) is 1. The molecule has 1 saturated carbocycles. The van der Waals surface area contributed by atoms with Crippen LogP contribution in [0.5, 0.6) is 0 Å². The minimum atomic E-state index is -0.398. The lowest BCUT2D eigenvalue weighted by atomic mass is 9.66. The summed E-state index contributed by atoms with van der Waals surface area (Å²) >= 11 is 0. The average molecular weight is 216 g/mol. The first-order chi connectivity index (χ1) is 6.12. The first kappa shape index (κ1) is 11.5. The summed E-state index contributed by atoms with van der Waals surface area (Å²) in [6.07, 6.45) is 1.79. The molecular formula is C11H15ClFN. The number of rotatable bonds is 1. The monoisotopic (exact) mass is 215 g/mol. The minimum Gasteiger partial charge on any atom is -0.321 e. The third-order valence-electron chi connectivity index (χ3n) is 2.84. The Hall–Kier alpha value is -0.600. The molecule has 3 heteroatoms. The van der Waals surface area contributed by atoms with E-state index in [9.17, 15) is 4.39 Å². The van der Waals surface area contributed by atoms with Crippen molar-refractivity contribution in [2.24, 2.45) is 11.7 Å². The van der Waals surface area contributed by atoms with E-state index >= 15 is 0 Å². The van der Waals surface area contributed by atoms with Crippen LogP contribution in [0.25, 0.3) is 0 Å². The summed E-state index contributed by atoms with van der Waals surface area (Å²) in [4.78, 5) is 0. The molecule has 1 aromatic rings. The quantitative estimate of drug-likeness (QED) is 0.766. The summed E-state index contributed by atoms with van der Waals surface area (Å²) in [6, 6.07) is 6.81. The molecule has 0 saturated heterocycles. The standard InChI is InChI=1S/C11H14FN.ClH/c1-8-6-11(13,7-8)9-4-2-3-5-10(9)12;/h2-5,8H,6-7,13H2,1H3;1H. The molecule has 0 amide bonds. The van der Waals surface area contributed by atoms with Crippen molar-refractivity contribution < 1.29 is 4.39 Å². The molecule has 1 aromatic carbocycles. The van der Waals surface area contributed by atoms with Gasteiger partial charge in [-0.3, -0.25) is 0 Å². The normalized spacial score (nSPS) is 30.4. The number of benzene rings is 1. The minimum absolute atomic E-state index is 0. The predicted molar refractivity (Wildman–Crippen MR) is 57.9 cm³/mol. The van der Waals surface area contributed by atoms with Crippen LogP contribution in [0.3, 0.4) is 0 Å². The van der Waals surface area contributed by atoms with Crippen LogP contribution in [0.1, 0.15) is 25.3 Å². The van der Waals surface area contributed by atoms with E-state index < -0.39 is 5.54 Å². The maximum Gasteiger partial charge on any atom is 0.128 e. The topological polar surface area (TPSA) is 26.0 Å². The Bertz CT molecular complexity index is 321. The number of halogens is 2. The van der Waals surface area contributed by atoms with E-state index in [0.717, 1.165) is 12.8 Å². The van der Waals surface area contributed by atoms with Gasteiger partial charge in [-0.2, -0.15) is 0 Å². The molecule has 0 bridgehead atoms. The summed E-state index contributed by atoms with van der Waals surface area (Å²) < 4.78 is 13.4. The van der Waals surface area contributed by atoms with Crippen molar-refractivity contribution >= 4 is 12.4 Å². The summed E-state index contributed by atoms with van der Waals surface area (Å²) in [5.41, 5.74) is 6.35. The van der Waals surface area contributed by atoms with E-state index in [1.165, 1.54) is 6.07 Å². The third-order valence-corrected chi connectivity index (χ3v) is 2.84. The van der Waals surface area contributed by atoms with E-state index in [4.69, 9.17) is 5.73 Å². The van der Waals surface area contributed by atoms with Gasteiger partial charge in [0.1, 0.15) is 5.82 Å². The zero-order valence-corrected chi connectivity index (χ0v) is 8.98. The highest BCUT2D eigenvalue weighted by Gasteiger charge is 2.41. The van der Waals surface area contributed by atoms with Crippen LogP contribution in [-0.4, -0.2) is 0 Å². The zero-order chi connectivity index (χ0) is 9.47. The van der Waals surface area contributed by atoms with Gasteiger partial charge >= 0.3 is 0 Å². The van der Waals surface area contributed by atoms with Gasteiger partial charge < -0.3 is 5.73 Å². The van der Waals surface area contributed by atoms with E-state index in [1.54, 1.807) is 12.1 Å². The Morgan fingerprint density at radius 3 is 2.43 bits per heavy atom. The fourth-order valence-corrected chi connectivity index (χ4v) is 2.27. The van der Waals surface area contributed by atoms with E-state index in [2.05, 4.69) is 6.92 Å². The van der Waals surface area contributed by atoms with Crippen LogP contribution < -0.4 is 5.73 Å². The van der Waals surface area contributed by atoms with Gasteiger partial charge in [0, 0.05) is 11.1 Å². The lowest BCUT2D eigenvalue weighted by Crippen LogP contribution is -2.48. The average Bonchev–Trinajstić information content (AvgIpc) is 2.02. The van der Waals surface area contributed by atoms with Gasteiger partial charge in [0.2, 0.25) is 0 Å². The molecule has 1 fully saturated rings. The predicted octanol–water partition coefficient (Wildman–Crippen LogP) is 2.83. The lowest BCUT2D eigenvalue weighted by Gasteiger charge is -2.44. The fourth-order valence-electron chi connectivity index (χ4n) is 2.27. The Balaban J connectivity index is 0.000000980. The first-order valence-corrected chi connectivity index (χ1v) is 4.66. The number of hydrogen-bond donors (Lipinski definition) is 1. The molecule has 0 unspecified atom stereocenters. The molecule has 1 nitrogen and oxygen atoms in total. The van der Waals surface area contributed by atoms with Crippen molar-refractivity contribution in [2.75, 3.05) is 0 Å². The molecule has 2 N–H and O–H groups in total. The SMILES string of the molecule is CC1CC(N)(c2ccccc2F)C1.Cl. The maximum absolute atomic E-state index is 13.4. The van der Waals surface area contributed by atoms with E-state index in [0.29, 0.717) is 11.5 Å². The van der Waals surface area contributed by atoms with Gasteiger partial charge in [-0.1, -0.05) is 25.1 Å². The summed E-state index contributed by atoms with van der Waals surface area (Å²) in [6.45, 7) is 2.14. The summed E-state index contributed by atoms with van der Waals surface area (Å²) in [5, 5.41) is 0.